The van der Waals surface area contributed by atoms with Crippen LogP contribution in [0.5, 0.6) is 0 Å². The molecule has 0 aliphatic rings. The Morgan fingerprint density at radius 2 is 2.28 bits per heavy atom. The average Bonchev–Trinajstić information content (AvgIpc) is 2.38. The second kappa shape index (κ2) is 8.40. The topological polar surface area (TPSA) is 38.3 Å². The van der Waals surface area contributed by atoms with E-state index in [1.165, 1.54) is 18.9 Å². The third-order valence-corrected chi connectivity index (χ3v) is 3.93. The molecular formula is C13H18ClNO2S. The van der Waals surface area contributed by atoms with Crippen molar-refractivity contribution in [3.05, 3.63) is 28.8 Å². The zero-order chi connectivity index (χ0) is 13.4. The molecule has 0 radical (unpaired) electrons. The lowest BCUT2D eigenvalue weighted by molar-refractivity contribution is -0.137. The van der Waals surface area contributed by atoms with E-state index in [4.69, 9.17) is 11.6 Å². The Balaban J connectivity index is 2.70. The van der Waals surface area contributed by atoms with E-state index in [9.17, 15) is 4.79 Å². The monoisotopic (exact) mass is 287 g/mol. The van der Waals surface area contributed by atoms with Crippen LogP contribution in [0.4, 0.5) is 0 Å². The van der Waals surface area contributed by atoms with Gasteiger partial charge in [-0.1, -0.05) is 30.7 Å². The van der Waals surface area contributed by atoms with E-state index < -0.39 is 0 Å². The first-order chi connectivity index (χ1) is 8.69. The van der Waals surface area contributed by atoms with Gasteiger partial charge in [-0.15, -0.1) is 11.8 Å². The van der Waals surface area contributed by atoms with E-state index in [0.717, 1.165) is 30.0 Å². The molecule has 5 heteroatoms. The van der Waals surface area contributed by atoms with Crippen LogP contribution in [0.1, 0.15) is 18.9 Å². The number of thioether (sulfide) groups is 1. The number of ether oxygens (including phenoxy) is 1. The quantitative estimate of drug-likeness (QED) is 0.475. The minimum atomic E-state index is -0.243. The minimum Gasteiger partial charge on any atom is -0.468 e. The van der Waals surface area contributed by atoms with E-state index in [-0.39, 0.29) is 11.7 Å². The van der Waals surface area contributed by atoms with Gasteiger partial charge in [-0.2, -0.15) is 0 Å². The molecule has 18 heavy (non-hydrogen) atoms. The summed E-state index contributed by atoms with van der Waals surface area (Å²) in [6.07, 6.45) is 1.09. The Labute approximate surface area is 117 Å². The number of carbonyl (C=O) groups is 1. The fraction of sp³-hybridized carbons (Fsp3) is 0.462. The molecule has 1 rings (SSSR count). The predicted octanol–water partition coefficient (Wildman–Crippen LogP) is 3.10. The van der Waals surface area contributed by atoms with Crippen LogP contribution < -0.4 is 5.32 Å². The van der Waals surface area contributed by atoms with Crippen molar-refractivity contribution in [2.24, 2.45) is 0 Å². The average molecular weight is 288 g/mol. The Bertz CT molecular complexity index is 399. The highest BCUT2D eigenvalue weighted by Gasteiger charge is 2.10. The van der Waals surface area contributed by atoms with Gasteiger partial charge < -0.3 is 10.1 Å². The second-order valence-corrected chi connectivity index (χ2v) is 5.16. The van der Waals surface area contributed by atoms with Crippen molar-refractivity contribution in [1.29, 1.82) is 0 Å². The molecule has 0 unspecified atom stereocenters. The lowest BCUT2D eigenvalue weighted by Gasteiger charge is -2.11. The number of hydrogen-bond acceptors (Lipinski definition) is 4. The van der Waals surface area contributed by atoms with Gasteiger partial charge >= 0.3 is 5.97 Å². The Morgan fingerprint density at radius 1 is 1.50 bits per heavy atom. The summed E-state index contributed by atoms with van der Waals surface area (Å²) < 4.78 is 4.63. The van der Waals surface area contributed by atoms with E-state index in [0.29, 0.717) is 5.02 Å². The molecule has 0 aromatic heterocycles. The molecule has 0 saturated heterocycles. The molecule has 0 aliphatic carbocycles. The maximum Gasteiger partial charge on any atom is 0.315 e. The van der Waals surface area contributed by atoms with Crippen LogP contribution in [0.25, 0.3) is 0 Å². The van der Waals surface area contributed by atoms with Crippen LogP contribution in [0.15, 0.2) is 23.1 Å². The first-order valence-corrected chi connectivity index (χ1v) is 7.23. The van der Waals surface area contributed by atoms with Crippen LogP contribution in [0.2, 0.25) is 5.02 Å². The van der Waals surface area contributed by atoms with Crippen molar-refractivity contribution >= 4 is 29.3 Å². The van der Waals surface area contributed by atoms with Crippen molar-refractivity contribution in [3.63, 3.8) is 0 Å². The van der Waals surface area contributed by atoms with Gasteiger partial charge in [0.15, 0.2) is 0 Å². The van der Waals surface area contributed by atoms with Crippen molar-refractivity contribution < 1.29 is 9.53 Å². The Hall–Kier alpha value is -0.710. The smallest absolute Gasteiger partial charge is 0.315 e. The number of esters is 1. The lowest BCUT2D eigenvalue weighted by atomic mass is 10.2. The number of halogens is 1. The summed E-state index contributed by atoms with van der Waals surface area (Å²) in [7, 11) is 1.39. The summed E-state index contributed by atoms with van der Waals surface area (Å²) in [4.78, 5) is 12.1. The lowest BCUT2D eigenvalue weighted by Crippen LogP contribution is -2.14. The SMILES string of the molecule is CCCNCc1cccc(Cl)c1SCC(=O)OC. The molecule has 1 aromatic carbocycles. The third kappa shape index (κ3) is 4.88. The molecule has 0 bridgehead atoms. The molecule has 0 spiro atoms. The van der Waals surface area contributed by atoms with Crippen LogP contribution in [-0.4, -0.2) is 25.4 Å². The molecule has 3 nitrogen and oxygen atoms in total. The zero-order valence-electron chi connectivity index (χ0n) is 10.7. The summed E-state index contributed by atoms with van der Waals surface area (Å²) >= 11 is 7.59. The summed E-state index contributed by atoms with van der Waals surface area (Å²) in [6, 6.07) is 5.78. The summed E-state index contributed by atoms with van der Waals surface area (Å²) in [5.41, 5.74) is 1.12. The largest absolute Gasteiger partial charge is 0.468 e. The molecule has 1 aromatic rings. The summed E-state index contributed by atoms with van der Waals surface area (Å²) in [6.45, 7) is 3.85. The van der Waals surface area contributed by atoms with Gasteiger partial charge in [0.05, 0.1) is 17.9 Å². The van der Waals surface area contributed by atoms with E-state index in [1.54, 1.807) is 0 Å². The number of benzene rings is 1. The molecule has 1 N–H and O–H groups in total. The zero-order valence-corrected chi connectivity index (χ0v) is 12.2. The Kier molecular flexibility index (Phi) is 7.16. The minimum absolute atomic E-state index is 0.243. The molecule has 0 amide bonds. The van der Waals surface area contributed by atoms with Gasteiger partial charge in [0.2, 0.25) is 0 Å². The molecule has 100 valence electrons. The van der Waals surface area contributed by atoms with Gasteiger partial charge in [0, 0.05) is 11.4 Å². The molecule has 0 heterocycles. The normalized spacial score (nSPS) is 10.4. The van der Waals surface area contributed by atoms with Gasteiger partial charge in [-0.25, -0.2) is 0 Å². The van der Waals surface area contributed by atoms with E-state index in [2.05, 4.69) is 17.0 Å². The molecule has 0 fully saturated rings. The van der Waals surface area contributed by atoms with Crippen molar-refractivity contribution in [2.75, 3.05) is 19.4 Å². The molecule has 0 aliphatic heterocycles. The first-order valence-electron chi connectivity index (χ1n) is 5.86. The van der Waals surface area contributed by atoms with Gasteiger partial charge in [0.25, 0.3) is 0 Å². The summed E-state index contributed by atoms with van der Waals surface area (Å²) in [5.74, 6) is 0.0356. The first kappa shape index (κ1) is 15.3. The fourth-order valence-electron chi connectivity index (χ4n) is 1.44. The van der Waals surface area contributed by atoms with Crippen LogP contribution in [-0.2, 0) is 16.1 Å². The number of methoxy groups -OCH3 is 1. The number of nitrogens with one attached hydrogen (secondary N) is 1. The van der Waals surface area contributed by atoms with Crippen LogP contribution >= 0.6 is 23.4 Å². The highest BCUT2D eigenvalue weighted by Crippen LogP contribution is 2.30. The van der Waals surface area contributed by atoms with E-state index in [1.807, 2.05) is 18.2 Å². The fourth-order valence-corrected chi connectivity index (χ4v) is 2.71. The third-order valence-electron chi connectivity index (χ3n) is 2.35. The number of rotatable bonds is 7. The Morgan fingerprint density at radius 3 is 2.94 bits per heavy atom. The second-order valence-electron chi connectivity index (χ2n) is 3.77. The highest BCUT2D eigenvalue weighted by molar-refractivity contribution is 8.00. The van der Waals surface area contributed by atoms with Gasteiger partial charge in [0.1, 0.15) is 0 Å². The summed E-state index contributed by atoms with van der Waals surface area (Å²) in [5, 5.41) is 4.01. The van der Waals surface area contributed by atoms with Gasteiger partial charge in [-0.3, -0.25) is 4.79 Å². The maximum atomic E-state index is 11.2. The number of carbonyl (C=O) groups excluding carboxylic acids is 1. The van der Waals surface area contributed by atoms with Crippen molar-refractivity contribution in [2.45, 2.75) is 24.8 Å². The van der Waals surface area contributed by atoms with Crippen LogP contribution in [0.3, 0.4) is 0 Å². The van der Waals surface area contributed by atoms with Gasteiger partial charge in [-0.05, 0) is 24.6 Å². The maximum absolute atomic E-state index is 11.2. The molecule has 0 saturated carbocycles. The van der Waals surface area contributed by atoms with Crippen molar-refractivity contribution in [3.8, 4) is 0 Å². The number of hydrogen-bond donors (Lipinski definition) is 1. The van der Waals surface area contributed by atoms with E-state index >= 15 is 0 Å². The predicted molar refractivity (Wildman–Crippen MR) is 76.2 cm³/mol. The molecular weight excluding hydrogens is 270 g/mol. The standard InChI is InChI=1S/C13H18ClNO2S/c1-3-7-15-8-10-5-4-6-11(14)13(10)18-9-12(16)17-2/h4-6,15H,3,7-9H2,1-2H3. The van der Waals surface area contributed by atoms with Crippen LogP contribution in [0, 0.1) is 0 Å². The van der Waals surface area contributed by atoms with Crippen molar-refractivity contribution in [1.82, 2.24) is 5.32 Å². The molecule has 0 atom stereocenters. The highest BCUT2D eigenvalue weighted by atomic mass is 35.5.